The molecule has 0 fully saturated rings. The zero-order valence-corrected chi connectivity index (χ0v) is 14.6. The van der Waals surface area contributed by atoms with Gasteiger partial charge in [0.1, 0.15) is 5.82 Å². The van der Waals surface area contributed by atoms with Crippen LogP contribution < -0.4 is 5.32 Å². The number of carbonyl (C=O) groups is 1. The molecule has 2 aromatic heterocycles. The second-order valence-corrected chi connectivity index (χ2v) is 6.58. The Morgan fingerprint density at radius 2 is 1.96 bits per heavy atom. The summed E-state index contributed by atoms with van der Waals surface area (Å²) in [6.45, 7) is 0.539. The molecule has 0 radical (unpaired) electrons. The summed E-state index contributed by atoms with van der Waals surface area (Å²) in [6.07, 6.45) is -0.567. The number of benzene rings is 1. The van der Waals surface area contributed by atoms with Crippen molar-refractivity contribution in [1.29, 1.82) is 0 Å². The zero-order chi connectivity index (χ0) is 19.9. The van der Waals surface area contributed by atoms with Crippen molar-refractivity contribution in [3.05, 3.63) is 82.7 Å². The summed E-state index contributed by atoms with van der Waals surface area (Å²) < 4.78 is 54.2. The van der Waals surface area contributed by atoms with Gasteiger partial charge in [-0.3, -0.25) is 9.78 Å². The van der Waals surface area contributed by atoms with E-state index < -0.39 is 17.6 Å². The molecule has 4 nitrogen and oxygen atoms in total. The zero-order valence-electron chi connectivity index (χ0n) is 14.6. The molecule has 144 valence electrons. The largest absolute Gasteiger partial charge is 0.416 e. The van der Waals surface area contributed by atoms with E-state index >= 15 is 0 Å². The number of hydrogen-bond acceptors (Lipinski definition) is 2. The van der Waals surface area contributed by atoms with E-state index in [2.05, 4.69) is 10.3 Å². The van der Waals surface area contributed by atoms with Gasteiger partial charge < -0.3 is 9.88 Å². The smallest absolute Gasteiger partial charge is 0.352 e. The molecule has 1 amide bonds. The van der Waals surface area contributed by atoms with Gasteiger partial charge in [0, 0.05) is 48.9 Å². The van der Waals surface area contributed by atoms with Crippen LogP contribution in [0.3, 0.4) is 0 Å². The van der Waals surface area contributed by atoms with Crippen LogP contribution in [0.1, 0.15) is 32.9 Å². The van der Waals surface area contributed by atoms with Crippen LogP contribution >= 0.6 is 0 Å². The van der Waals surface area contributed by atoms with Gasteiger partial charge in [-0.2, -0.15) is 13.2 Å². The first-order valence-corrected chi connectivity index (χ1v) is 8.61. The molecule has 3 aromatic rings. The SMILES string of the molecule is O=C1NCCc2c1ccn2-c1ccnc(Cc2cc(F)cc(C(F)(F)F)c2)c1. The Labute approximate surface area is 157 Å². The van der Waals surface area contributed by atoms with Crippen molar-refractivity contribution in [2.45, 2.75) is 19.0 Å². The second kappa shape index (κ2) is 6.78. The first-order valence-electron chi connectivity index (χ1n) is 8.61. The predicted octanol–water partition coefficient (Wildman–Crippen LogP) is 3.91. The first-order chi connectivity index (χ1) is 13.3. The van der Waals surface area contributed by atoms with E-state index in [1.807, 2.05) is 4.57 Å². The number of alkyl halides is 3. The van der Waals surface area contributed by atoms with E-state index in [9.17, 15) is 22.4 Å². The minimum Gasteiger partial charge on any atom is -0.352 e. The highest BCUT2D eigenvalue weighted by atomic mass is 19.4. The fraction of sp³-hybridized carbons (Fsp3) is 0.200. The lowest BCUT2D eigenvalue weighted by molar-refractivity contribution is -0.137. The molecule has 0 unspecified atom stereocenters. The van der Waals surface area contributed by atoms with Crippen molar-refractivity contribution in [2.24, 2.45) is 0 Å². The number of fused-ring (bicyclic) bond motifs is 1. The number of nitrogens with zero attached hydrogens (tertiary/aromatic N) is 2. The molecule has 0 atom stereocenters. The van der Waals surface area contributed by atoms with Crippen LogP contribution in [0.25, 0.3) is 5.69 Å². The average Bonchev–Trinajstić information content (AvgIpc) is 3.06. The second-order valence-electron chi connectivity index (χ2n) is 6.58. The first kappa shape index (κ1) is 18.2. The molecular formula is C20H15F4N3O. The molecule has 1 aliphatic heterocycles. The van der Waals surface area contributed by atoms with Gasteiger partial charge in [-0.05, 0) is 42.0 Å². The summed E-state index contributed by atoms with van der Waals surface area (Å²) in [4.78, 5) is 16.1. The summed E-state index contributed by atoms with van der Waals surface area (Å²) in [6, 6.07) is 7.69. The van der Waals surface area contributed by atoms with Gasteiger partial charge in [0.05, 0.1) is 11.1 Å². The molecule has 8 heteroatoms. The van der Waals surface area contributed by atoms with Gasteiger partial charge in [-0.1, -0.05) is 0 Å². The van der Waals surface area contributed by atoms with Gasteiger partial charge >= 0.3 is 6.18 Å². The molecular weight excluding hydrogens is 374 g/mol. The fourth-order valence-corrected chi connectivity index (χ4v) is 3.40. The Balaban J connectivity index is 1.66. The summed E-state index contributed by atoms with van der Waals surface area (Å²) in [5.74, 6) is -1.07. The van der Waals surface area contributed by atoms with Gasteiger partial charge in [-0.25, -0.2) is 4.39 Å². The Bertz CT molecular complexity index is 1060. The Morgan fingerprint density at radius 1 is 1.14 bits per heavy atom. The summed E-state index contributed by atoms with van der Waals surface area (Å²) in [5.41, 5.74) is 1.87. The van der Waals surface area contributed by atoms with Crippen LogP contribution in [0.15, 0.2) is 48.8 Å². The lowest BCUT2D eigenvalue weighted by Crippen LogP contribution is -2.32. The third kappa shape index (κ3) is 3.49. The van der Waals surface area contributed by atoms with Crippen LogP contribution in [-0.2, 0) is 19.0 Å². The third-order valence-electron chi connectivity index (χ3n) is 4.63. The minimum atomic E-state index is -4.61. The number of aromatic nitrogens is 2. The minimum absolute atomic E-state index is 0.0542. The van der Waals surface area contributed by atoms with Crippen molar-refractivity contribution in [3.8, 4) is 5.69 Å². The van der Waals surface area contributed by atoms with E-state index in [0.717, 1.165) is 23.5 Å². The number of halogens is 4. The number of amides is 1. The highest BCUT2D eigenvalue weighted by molar-refractivity contribution is 5.96. The van der Waals surface area contributed by atoms with E-state index in [-0.39, 0.29) is 17.9 Å². The average molecular weight is 389 g/mol. The van der Waals surface area contributed by atoms with Crippen molar-refractivity contribution in [2.75, 3.05) is 6.54 Å². The number of carbonyl (C=O) groups excluding carboxylic acids is 1. The lowest BCUT2D eigenvalue weighted by Gasteiger charge is -2.16. The van der Waals surface area contributed by atoms with E-state index in [4.69, 9.17) is 0 Å². The van der Waals surface area contributed by atoms with Crippen LogP contribution in [-0.4, -0.2) is 22.0 Å². The molecule has 0 bridgehead atoms. The van der Waals surface area contributed by atoms with Crippen LogP contribution in [0.4, 0.5) is 17.6 Å². The maximum Gasteiger partial charge on any atom is 0.416 e. The molecule has 0 saturated carbocycles. The standard InChI is InChI=1S/C20H15F4N3O/c21-14-8-12(7-13(10-14)20(22,23)24)9-15-11-16(1-4-25-15)27-6-3-17-18(27)2-5-26-19(17)28/h1,3-4,6-8,10-11H,2,5,9H2,(H,26,28). The van der Waals surface area contributed by atoms with E-state index in [0.29, 0.717) is 30.3 Å². The summed E-state index contributed by atoms with van der Waals surface area (Å²) in [5, 5.41) is 2.78. The Kier molecular flexibility index (Phi) is 4.41. The monoisotopic (exact) mass is 389 g/mol. The van der Waals surface area contributed by atoms with Crippen LogP contribution in [0.2, 0.25) is 0 Å². The third-order valence-corrected chi connectivity index (χ3v) is 4.63. The normalized spacial score (nSPS) is 13.9. The maximum absolute atomic E-state index is 13.6. The maximum atomic E-state index is 13.6. The van der Waals surface area contributed by atoms with Gasteiger partial charge in [0.25, 0.3) is 5.91 Å². The molecule has 0 saturated heterocycles. The molecule has 28 heavy (non-hydrogen) atoms. The van der Waals surface area contributed by atoms with Crippen molar-refractivity contribution in [1.82, 2.24) is 14.9 Å². The molecule has 0 aliphatic carbocycles. The highest BCUT2D eigenvalue weighted by Gasteiger charge is 2.31. The molecule has 1 aliphatic rings. The number of hydrogen-bond donors (Lipinski definition) is 1. The molecule has 1 aromatic carbocycles. The summed E-state index contributed by atoms with van der Waals surface area (Å²) in [7, 11) is 0. The van der Waals surface area contributed by atoms with Crippen LogP contribution in [0, 0.1) is 5.82 Å². The highest BCUT2D eigenvalue weighted by Crippen LogP contribution is 2.31. The van der Waals surface area contributed by atoms with Gasteiger partial charge in [0.2, 0.25) is 0 Å². The Hall–Kier alpha value is -3.16. The summed E-state index contributed by atoms with van der Waals surface area (Å²) >= 11 is 0. The number of rotatable bonds is 3. The topological polar surface area (TPSA) is 46.9 Å². The number of nitrogens with one attached hydrogen (secondary N) is 1. The van der Waals surface area contributed by atoms with Crippen molar-refractivity contribution >= 4 is 5.91 Å². The molecule has 0 spiro atoms. The van der Waals surface area contributed by atoms with E-state index in [1.165, 1.54) is 0 Å². The van der Waals surface area contributed by atoms with Gasteiger partial charge in [-0.15, -0.1) is 0 Å². The van der Waals surface area contributed by atoms with Gasteiger partial charge in [0.15, 0.2) is 0 Å². The molecule has 1 N–H and O–H groups in total. The predicted molar refractivity (Wildman–Crippen MR) is 93.8 cm³/mol. The van der Waals surface area contributed by atoms with Crippen molar-refractivity contribution < 1.29 is 22.4 Å². The molecule has 4 rings (SSSR count). The van der Waals surface area contributed by atoms with E-state index in [1.54, 1.807) is 30.6 Å². The lowest BCUT2D eigenvalue weighted by atomic mass is 10.0. The van der Waals surface area contributed by atoms with Crippen LogP contribution in [0.5, 0.6) is 0 Å². The Morgan fingerprint density at radius 3 is 2.75 bits per heavy atom. The fourth-order valence-electron chi connectivity index (χ4n) is 3.40. The number of pyridine rings is 1. The van der Waals surface area contributed by atoms with Crippen molar-refractivity contribution in [3.63, 3.8) is 0 Å². The quantitative estimate of drug-likeness (QED) is 0.691. The molecule has 3 heterocycles.